The number of nitrogens with one attached hydrogen (secondary N) is 1. The Morgan fingerprint density at radius 2 is 2.21 bits per heavy atom. The normalized spacial score (nSPS) is 16.8. The highest BCUT2D eigenvalue weighted by atomic mass is 35.5. The molecule has 1 aliphatic heterocycles. The number of amides is 1. The summed E-state index contributed by atoms with van der Waals surface area (Å²) >= 11 is 7.36. The molecule has 0 unspecified atom stereocenters. The Balaban J connectivity index is 1.87. The van der Waals surface area contributed by atoms with Crippen LogP contribution in [0.2, 0.25) is 5.02 Å². The number of ether oxygens (including phenoxy) is 1. The Bertz CT molecular complexity index is 892. The zero-order chi connectivity index (χ0) is 20.1. The van der Waals surface area contributed by atoms with Crippen LogP contribution in [-0.4, -0.2) is 40.0 Å². The molecule has 1 fully saturated rings. The summed E-state index contributed by atoms with van der Waals surface area (Å²) < 4.78 is 7.35. The van der Waals surface area contributed by atoms with Gasteiger partial charge in [0.15, 0.2) is 5.16 Å². The second-order valence-corrected chi connectivity index (χ2v) is 8.36. The highest BCUT2D eigenvalue weighted by molar-refractivity contribution is 7.99. The lowest BCUT2D eigenvalue weighted by atomic mass is 10.2. The van der Waals surface area contributed by atoms with Crippen LogP contribution in [0.1, 0.15) is 39.5 Å². The van der Waals surface area contributed by atoms with Crippen LogP contribution in [0.4, 0.5) is 0 Å². The summed E-state index contributed by atoms with van der Waals surface area (Å²) in [5, 5.41) is 4.59. The molecular formula is C20H26ClN3O3S. The second-order valence-electron chi connectivity index (χ2n) is 6.98. The minimum atomic E-state index is -0.125. The van der Waals surface area contributed by atoms with E-state index >= 15 is 0 Å². The van der Waals surface area contributed by atoms with Crippen LogP contribution >= 0.6 is 23.4 Å². The molecule has 3 rings (SSSR count). The number of rotatable bonds is 8. The van der Waals surface area contributed by atoms with Gasteiger partial charge in [0.2, 0.25) is 5.91 Å². The first-order valence-electron chi connectivity index (χ1n) is 9.75. The van der Waals surface area contributed by atoms with E-state index in [2.05, 4.69) is 24.1 Å². The van der Waals surface area contributed by atoms with Crippen molar-refractivity contribution in [1.82, 2.24) is 14.9 Å². The fourth-order valence-electron chi connectivity index (χ4n) is 3.33. The third-order valence-corrected chi connectivity index (χ3v) is 6.19. The predicted molar refractivity (Wildman–Crippen MR) is 113 cm³/mol. The number of fused-ring (bicyclic) bond motifs is 1. The Hall–Kier alpha value is -1.57. The van der Waals surface area contributed by atoms with Crippen molar-refractivity contribution in [3.63, 3.8) is 0 Å². The summed E-state index contributed by atoms with van der Waals surface area (Å²) in [6, 6.07) is 5.25. The number of aromatic nitrogens is 2. The van der Waals surface area contributed by atoms with E-state index in [9.17, 15) is 9.59 Å². The first-order valence-corrected chi connectivity index (χ1v) is 11.1. The molecule has 1 aromatic carbocycles. The molecule has 1 aromatic heterocycles. The van der Waals surface area contributed by atoms with Gasteiger partial charge in [-0.1, -0.05) is 37.2 Å². The van der Waals surface area contributed by atoms with E-state index in [-0.39, 0.29) is 29.4 Å². The summed E-state index contributed by atoms with van der Waals surface area (Å²) in [5.41, 5.74) is 0.420. The van der Waals surface area contributed by atoms with Gasteiger partial charge in [0.25, 0.3) is 5.56 Å². The quantitative estimate of drug-likeness (QED) is 0.518. The molecule has 1 N–H and O–H groups in total. The van der Waals surface area contributed by atoms with Gasteiger partial charge in [0.05, 0.1) is 29.3 Å². The van der Waals surface area contributed by atoms with E-state index in [1.54, 1.807) is 22.8 Å². The highest BCUT2D eigenvalue weighted by Crippen LogP contribution is 2.22. The monoisotopic (exact) mass is 423 g/mol. The number of carbonyl (C=O) groups excluding carboxylic acids is 1. The van der Waals surface area contributed by atoms with Gasteiger partial charge in [-0.2, -0.15) is 0 Å². The number of hydrogen-bond acceptors (Lipinski definition) is 5. The fraction of sp³-hybridized carbons (Fsp3) is 0.550. The number of hydrogen-bond donors (Lipinski definition) is 1. The van der Waals surface area contributed by atoms with Crippen molar-refractivity contribution < 1.29 is 9.53 Å². The summed E-state index contributed by atoms with van der Waals surface area (Å²) in [4.78, 5) is 30.0. The largest absolute Gasteiger partial charge is 0.376 e. The average Bonchev–Trinajstić information content (AvgIpc) is 3.20. The number of thioether (sulfide) groups is 1. The summed E-state index contributed by atoms with van der Waals surface area (Å²) in [6.07, 6.45) is 3.70. The van der Waals surface area contributed by atoms with Crippen molar-refractivity contribution in [3.05, 3.63) is 33.6 Å². The van der Waals surface area contributed by atoms with Gasteiger partial charge in [-0.05, 0) is 43.9 Å². The van der Waals surface area contributed by atoms with Gasteiger partial charge in [-0.25, -0.2) is 4.98 Å². The van der Waals surface area contributed by atoms with Gasteiger partial charge in [-0.3, -0.25) is 14.2 Å². The van der Waals surface area contributed by atoms with Crippen molar-refractivity contribution in [1.29, 1.82) is 0 Å². The fourth-order valence-corrected chi connectivity index (χ4v) is 4.32. The molecule has 2 heterocycles. The van der Waals surface area contributed by atoms with Gasteiger partial charge in [0, 0.05) is 17.7 Å². The summed E-state index contributed by atoms with van der Waals surface area (Å²) in [7, 11) is 0. The minimum Gasteiger partial charge on any atom is -0.376 e. The van der Waals surface area contributed by atoms with Crippen LogP contribution in [0.15, 0.2) is 28.2 Å². The molecule has 1 amide bonds. The zero-order valence-corrected chi connectivity index (χ0v) is 17.8. The van der Waals surface area contributed by atoms with Crippen LogP contribution < -0.4 is 10.9 Å². The molecule has 8 heteroatoms. The maximum atomic E-state index is 13.1. The van der Waals surface area contributed by atoms with Crippen LogP contribution in [0, 0.1) is 0 Å². The van der Waals surface area contributed by atoms with Crippen LogP contribution in [0.25, 0.3) is 10.9 Å². The second kappa shape index (κ2) is 9.76. The van der Waals surface area contributed by atoms with Crippen molar-refractivity contribution in [2.45, 2.75) is 63.4 Å². The molecule has 0 spiro atoms. The molecule has 6 nitrogen and oxygen atoms in total. The molecule has 0 saturated carbocycles. The minimum absolute atomic E-state index is 0.00184. The van der Waals surface area contributed by atoms with E-state index in [1.165, 1.54) is 11.8 Å². The number of carbonyl (C=O) groups is 1. The maximum absolute atomic E-state index is 13.1. The van der Waals surface area contributed by atoms with Gasteiger partial charge >= 0.3 is 0 Å². The van der Waals surface area contributed by atoms with Crippen molar-refractivity contribution in [3.8, 4) is 0 Å². The molecule has 1 aliphatic rings. The van der Waals surface area contributed by atoms with Crippen molar-refractivity contribution in [2.24, 2.45) is 0 Å². The lowest BCUT2D eigenvalue weighted by molar-refractivity contribution is -0.119. The SMILES string of the molecule is CCC(CC)NC(=O)CSc1nc2cc(Cl)ccc2c(=O)n1C[C@@H]1CCCO1. The smallest absolute Gasteiger partial charge is 0.262 e. The Morgan fingerprint density at radius 1 is 1.43 bits per heavy atom. The molecule has 0 aliphatic carbocycles. The number of nitrogens with zero attached hydrogens (tertiary/aromatic N) is 2. The third kappa shape index (κ3) is 5.07. The molecule has 1 atom stereocenters. The molecule has 1 saturated heterocycles. The van der Waals surface area contributed by atoms with E-state index < -0.39 is 0 Å². The first kappa shape index (κ1) is 21.1. The molecule has 152 valence electrons. The van der Waals surface area contributed by atoms with Gasteiger partial charge in [0.1, 0.15) is 0 Å². The third-order valence-electron chi connectivity index (χ3n) is 4.98. The summed E-state index contributed by atoms with van der Waals surface area (Å²) in [6.45, 7) is 5.27. The first-order chi connectivity index (χ1) is 13.5. The molecule has 2 aromatic rings. The standard InChI is InChI=1S/C20H26ClN3O3S/c1-3-14(4-2)22-18(25)12-28-20-23-17-10-13(21)7-8-16(17)19(26)24(20)11-15-6-5-9-27-15/h7-8,10,14-15H,3-6,9,11-12H2,1-2H3,(H,22,25)/t15-/m0/s1. The zero-order valence-electron chi connectivity index (χ0n) is 16.2. The Labute approximate surface area is 174 Å². The van der Waals surface area contributed by atoms with Crippen LogP contribution in [-0.2, 0) is 16.1 Å². The Kier molecular flexibility index (Phi) is 7.37. The van der Waals surface area contributed by atoms with Crippen LogP contribution in [0.5, 0.6) is 0 Å². The maximum Gasteiger partial charge on any atom is 0.262 e. The van der Waals surface area contributed by atoms with E-state index in [1.807, 2.05) is 0 Å². The van der Waals surface area contributed by atoms with E-state index in [0.717, 1.165) is 32.3 Å². The molecule has 0 bridgehead atoms. The van der Waals surface area contributed by atoms with E-state index in [0.29, 0.717) is 27.6 Å². The topological polar surface area (TPSA) is 73.2 Å². The van der Waals surface area contributed by atoms with Gasteiger partial charge in [-0.15, -0.1) is 0 Å². The highest BCUT2D eigenvalue weighted by Gasteiger charge is 2.21. The van der Waals surface area contributed by atoms with Crippen LogP contribution in [0.3, 0.4) is 0 Å². The molecule has 28 heavy (non-hydrogen) atoms. The number of benzene rings is 1. The van der Waals surface area contributed by atoms with Crippen molar-refractivity contribution in [2.75, 3.05) is 12.4 Å². The Morgan fingerprint density at radius 3 is 2.89 bits per heavy atom. The molecular weight excluding hydrogens is 398 g/mol. The van der Waals surface area contributed by atoms with Gasteiger partial charge < -0.3 is 10.1 Å². The lowest BCUT2D eigenvalue weighted by Gasteiger charge is -2.17. The lowest BCUT2D eigenvalue weighted by Crippen LogP contribution is -2.35. The summed E-state index contributed by atoms with van der Waals surface area (Å²) in [5.74, 6) is 0.156. The molecule has 0 radical (unpaired) electrons. The average molecular weight is 424 g/mol. The van der Waals surface area contributed by atoms with E-state index in [4.69, 9.17) is 16.3 Å². The number of halogens is 1. The van der Waals surface area contributed by atoms with Crippen molar-refractivity contribution >= 4 is 40.2 Å². The predicted octanol–water partition coefficient (Wildman–Crippen LogP) is 3.63.